The van der Waals surface area contributed by atoms with Crippen molar-refractivity contribution in [2.24, 2.45) is 0 Å². The van der Waals surface area contributed by atoms with Crippen molar-refractivity contribution in [1.29, 1.82) is 0 Å². The van der Waals surface area contributed by atoms with Crippen LogP contribution in [0.4, 0.5) is 0 Å². The van der Waals surface area contributed by atoms with E-state index in [-0.39, 0.29) is 51.4 Å². The van der Waals surface area contributed by atoms with Crippen LogP contribution in [-0.4, -0.2) is 12.6 Å². The Balaban J connectivity index is -0.0000000320. The van der Waals surface area contributed by atoms with Crippen molar-refractivity contribution in [1.82, 2.24) is 0 Å². The van der Waals surface area contributed by atoms with Crippen LogP contribution in [0.15, 0.2) is 0 Å². The van der Waals surface area contributed by atoms with E-state index in [4.69, 9.17) is 0 Å². The topological polar surface area (TPSA) is 34.1 Å². The first-order valence-electron chi connectivity index (χ1n) is 3.20. The molecule has 0 amide bonds. The van der Waals surface area contributed by atoms with Crippen molar-refractivity contribution in [3.63, 3.8) is 0 Å². The molecule has 0 radical (unpaired) electrons. The number of hydrogen-bond donors (Lipinski definition) is 0. The summed E-state index contributed by atoms with van der Waals surface area (Å²) in [5.41, 5.74) is 0. The summed E-state index contributed by atoms with van der Waals surface area (Å²) in [6.45, 7) is 0. The minimum Gasteiger partial charge on any atom is -0.542 e. The Kier molecular flexibility index (Phi) is 101. The first-order chi connectivity index (χ1) is 4.41. The average Bonchev–Trinajstić information content (AvgIpc) is 1.89. The largest absolute Gasteiger partial charge is 0.542 e. The van der Waals surface area contributed by atoms with Gasteiger partial charge in [0.25, 0.3) is 0 Å². The molecule has 0 saturated heterocycles. The smallest absolute Gasteiger partial charge is 0.119 e. The molecule has 0 heterocycles. The van der Waals surface area contributed by atoms with Crippen LogP contribution in [0, 0.1) is 29.7 Å². The van der Waals surface area contributed by atoms with E-state index in [9.17, 15) is 9.59 Å². The molecule has 88 valence electrons. The van der Waals surface area contributed by atoms with Crippen LogP contribution in [0.5, 0.6) is 0 Å². The molecular formula is C11H23O2Ti-5. The van der Waals surface area contributed by atoms with E-state index >= 15 is 0 Å². The molecule has 14 heavy (non-hydrogen) atoms. The Bertz CT molecular complexity index is 75.4. The molecule has 0 fully saturated rings. The number of hydrogen-bond acceptors (Lipinski definition) is 2. The minimum absolute atomic E-state index is 0. The zero-order valence-corrected chi connectivity index (χ0v) is 11.5. The van der Waals surface area contributed by atoms with Gasteiger partial charge in [-0.15, -0.1) is 0 Å². The number of carbonyl (C=O) groups is 1. The summed E-state index contributed by atoms with van der Waals surface area (Å²) in [7, 11) is 0. The van der Waals surface area contributed by atoms with Crippen molar-refractivity contribution in [2.75, 3.05) is 0 Å². The van der Waals surface area contributed by atoms with Gasteiger partial charge in [0.2, 0.25) is 0 Å². The molecule has 0 atom stereocenters. The molecule has 2 nitrogen and oxygen atoms in total. The molecule has 0 saturated carbocycles. The molecule has 0 aliphatic carbocycles. The molecule has 0 unspecified atom stereocenters. The normalized spacial score (nSPS) is 5.71. The van der Waals surface area contributed by atoms with Crippen LogP contribution < -0.4 is 0 Å². The predicted octanol–water partition coefficient (Wildman–Crippen LogP) is 3.04. The second-order valence-corrected chi connectivity index (χ2v) is 1.91. The molecule has 3 heteroatoms. The number of carbonyl (C=O) groups excluding carboxylic acids is 2. The molecule has 0 bridgehead atoms. The van der Waals surface area contributed by atoms with Gasteiger partial charge in [-0.05, 0) is 6.42 Å². The van der Waals surface area contributed by atoms with E-state index in [1.54, 1.807) is 6.29 Å². The quantitative estimate of drug-likeness (QED) is 0.307. The number of rotatable bonds is 6. The number of aldehydes is 1. The fourth-order valence-electron chi connectivity index (χ4n) is 0.602. The van der Waals surface area contributed by atoms with Crippen molar-refractivity contribution < 1.29 is 31.3 Å². The summed E-state index contributed by atoms with van der Waals surface area (Å²) in [5, 5.41) is 0. The first kappa shape index (κ1) is 36.9. The fourth-order valence-corrected chi connectivity index (χ4v) is 0.602. The van der Waals surface area contributed by atoms with Crippen LogP contribution in [0.3, 0.4) is 0 Å². The fraction of sp³-hybridized carbons (Fsp3) is 0.455. The van der Waals surface area contributed by atoms with Crippen molar-refractivity contribution in [3.8, 4) is 0 Å². The van der Waals surface area contributed by atoms with Crippen LogP contribution in [0.25, 0.3) is 0 Å². The maximum Gasteiger partial charge on any atom is 0.119 e. The van der Waals surface area contributed by atoms with Crippen molar-refractivity contribution >= 4 is 12.6 Å². The molecule has 0 spiro atoms. The van der Waals surface area contributed by atoms with E-state index in [1.807, 2.05) is 0 Å². The van der Waals surface area contributed by atoms with Crippen molar-refractivity contribution in [3.05, 3.63) is 29.7 Å². The van der Waals surface area contributed by atoms with Crippen LogP contribution in [0.1, 0.15) is 32.1 Å². The second-order valence-electron chi connectivity index (χ2n) is 1.91. The molecule has 0 aliphatic rings. The van der Waals surface area contributed by atoms with Gasteiger partial charge < -0.3 is 39.3 Å². The summed E-state index contributed by atoms with van der Waals surface area (Å²) in [6.07, 6.45) is 6.60. The van der Waals surface area contributed by atoms with E-state index < -0.39 is 0 Å². The Morgan fingerprint density at radius 3 is 1.79 bits per heavy atom. The van der Waals surface area contributed by atoms with Gasteiger partial charge in [-0.1, -0.05) is 12.8 Å². The predicted molar refractivity (Wildman–Crippen MR) is 60.5 cm³/mol. The molecule has 0 N–H and O–H groups in total. The Hall–Kier alpha value is 0.0543. The Labute approximate surface area is 106 Å². The minimum atomic E-state index is 0. The second kappa shape index (κ2) is 38.1. The summed E-state index contributed by atoms with van der Waals surface area (Å²) in [6, 6.07) is 0. The maximum absolute atomic E-state index is 9.76. The molecule has 0 aromatic rings. The molecule has 0 aromatic carbocycles. The van der Waals surface area contributed by atoms with Crippen LogP contribution in [0.2, 0.25) is 0 Å². The van der Waals surface area contributed by atoms with Gasteiger partial charge in [-0.3, -0.25) is 6.29 Å². The van der Waals surface area contributed by atoms with E-state index in [1.165, 1.54) is 0 Å². The van der Waals surface area contributed by atoms with Crippen LogP contribution in [-0.2, 0) is 31.3 Å². The van der Waals surface area contributed by atoms with Gasteiger partial charge in [0.1, 0.15) is 6.29 Å². The van der Waals surface area contributed by atoms with E-state index in [0.717, 1.165) is 25.5 Å². The van der Waals surface area contributed by atoms with E-state index in [0.29, 0.717) is 12.8 Å². The summed E-state index contributed by atoms with van der Waals surface area (Å²) in [5.74, 6) is 0. The Morgan fingerprint density at radius 1 is 0.929 bits per heavy atom. The third-order valence-electron chi connectivity index (χ3n) is 1.10. The maximum atomic E-state index is 9.76. The van der Waals surface area contributed by atoms with Crippen molar-refractivity contribution in [2.45, 2.75) is 32.1 Å². The molecular weight excluding hydrogens is 212 g/mol. The number of unbranched alkanes of at least 4 members (excludes halogenated alkanes) is 4. The third kappa shape index (κ3) is 40.2. The van der Waals surface area contributed by atoms with Gasteiger partial charge in [0.15, 0.2) is 0 Å². The zero-order chi connectivity index (χ0) is 6.95. The Morgan fingerprint density at radius 2 is 1.43 bits per heavy atom. The summed E-state index contributed by atoms with van der Waals surface area (Å²) in [4.78, 5) is 19.4. The first-order valence-corrected chi connectivity index (χ1v) is 3.20. The summed E-state index contributed by atoms with van der Waals surface area (Å²) < 4.78 is 0. The SMILES string of the molecule is O=[C-]CCCCCC=O.[CH3-].[CH3-].[CH3-].[CH3-].[Ti]. The zero-order valence-electron chi connectivity index (χ0n) is 9.93. The van der Waals surface area contributed by atoms with E-state index in [2.05, 4.69) is 0 Å². The van der Waals surface area contributed by atoms with Gasteiger partial charge in [-0.25, -0.2) is 0 Å². The standard InChI is InChI=1S/C7H11O2.4CH3.Ti/c8-6-4-2-1-3-5-7-9;;;;;/h6H,1-5H2;4*1H3;/q5*-1;. The molecule has 0 aromatic heterocycles. The van der Waals surface area contributed by atoms with Gasteiger partial charge in [-0.2, -0.15) is 6.42 Å². The van der Waals surface area contributed by atoms with Crippen LogP contribution >= 0.6 is 0 Å². The molecule has 0 aliphatic heterocycles. The monoisotopic (exact) mass is 235 g/mol. The average molecular weight is 235 g/mol. The summed E-state index contributed by atoms with van der Waals surface area (Å²) >= 11 is 0. The van der Waals surface area contributed by atoms with Gasteiger partial charge in [0.05, 0.1) is 0 Å². The van der Waals surface area contributed by atoms with Gasteiger partial charge >= 0.3 is 0 Å². The van der Waals surface area contributed by atoms with Gasteiger partial charge in [0, 0.05) is 28.1 Å². The molecule has 0 rings (SSSR count). The third-order valence-corrected chi connectivity index (χ3v) is 1.10.